The van der Waals surface area contributed by atoms with Crippen LogP contribution in [0.5, 0.6) is 0 Å². The second-order valence-electron chi connectivity index (χ2n) is 4.51. The van der Waals surface area contributed by atoms with Gasteiger partial charge in [0.15, 0.2) is 0 Å². The van der Waals surface area contributed by atoms with Gasteiger partial charge in [-0.15, -0.1) is 0 Å². The SMILES string of the molecule is N#Cc1ccccc1/C=C\C(=O)NCCCCCC(=O)[O-]. The van der Waals surface area contributed by atoms with Crippen LogP contribution in [0.4, 0.5) is 0 Å². The van der Waals surface area contributed by atoms with E-state index in [2.05, 4.69) is 11.4 Å². The zero-order chi connectivity index (χ0) is 15.5. The molecule has 110 valence electrons. The Morgan fingerprint density at radius 1 is 1.24 bits per heavy atom. The summed E-state index contributed by atoms with van der Waals surface area (Å²) in [5.41, 5.74) is 1.22. The number of carbonyl (C=O) groups excluding carboxylic acids is 2. The van der Waals surface area contributed by atoms with Crippen LogP contribution < -0.4 is 10.4 Å². The normalized spacial score (nSPS) is 10.2. The first-order valence-electron chi connectivity index (χ1n) is 6.78. The van der Waals surface area contributed by atoms with Crippen LogP contribution in [-0.4, -0.2) is 18.4 Å². The van der Waals surface area contributed by atoms with E-state index in [1.54, 1.807) is 30.3 Å². The predicted octanol–water partition coefficient (Wildman–Crippen LogP) is 0.998. The molecule has 0 saturated heterocycles. The van der Waals surface area contributed by atoms with Gasteiger partial charge in [-0.1, -0.05) is 24.6 Å². The Hall–Kier alpha value is -2.61. The first-order chi connectivity index (χ1) is 10.1. The molecule has 1 amide bonds. The van der Waals surface area contributed by atoms with E-state index in [0.29, 0.717) is 24.1 Å². The molecule has 1 N–H and O–H groups in total. The van der Waals surface area contributed by atoms with Crippen LogP contribution in [0.1, 0.15) is 36.8 Å². The van der Waals surface area contributed by atoms with Gasteiger partial charge in [0.05, 0.1) is 11.6 Å². The fourth-order valence-corrected chi connectivity index (χ4v) is 1.75. The third kappa shape index (κ3) is 6.92. The molecule has 5 nitrogen and oxygen atoms in total. The smallest absolute Gasteiger partial charge is 0.243 e. The Morgan fingerprint density at radius 3 is 2.71 bits per heavy atom. The summed E-state index contributed by atoms with van der Waals surface area (Å²) >= 11 is 0. The number of aliphatic carboxylic acids is 1. The van der Waals surface area contributed by atoms with E-state index < -0.39 is 5.97 Å². The van der Waals surface area contributed by atoms with E-state index in [0.717, 1.165) is 12.8 Å². The Morgan fingerprint density at radius 2 is 2.00 bits per heavy atom. The van der Waals surface area contributed by atoms with Crippen molar-refractivity contribution in [1.29, 1.82) is 5.26 Å². The first-order valence-corrected chi connectivity index (χ1v) is 6.78. The summed E-state index contributed by atoms with van der Waals surface area (Å²) in [6, 6.07) is 9.08. The van der Waals surface area contributed by atoms with E-state index in [1.165, 1.54) is 6.08 Å². The molecule has 0 aliphatic heterocycles. The lowest BCUT2D eigenvalue weighted by molar-refractivity contribution is -0.305. The molecular weight excluding hydrogens is 268 g/mol. The van der Waals surface area contributed by atoms with E-state index in [1.807, 2.05) is 0 Å². The number of carboxylic acids is 1. The van der Waals surface area contributed by atoms with Gasteiger partial charge in [-0.2, -0.15) is 5.26 Å². The molecule has 0 spiro atoms. The highest BCUT2D eigenvalue weighted by molar-refractivity contribution is 5.92. The summed E-state index contributed by atoms with van der Waals surface area (Å²) in [7, 11) is 0. The molecule has 0 bridgehead atoms. The molecule has 0 heterocycles. The topological polar surface area (TPSA) is 93.0 Å². The maximum Gasteiger partial charge on any atom is 0.243 e. The number of nitriles is 1. The molecule has 0 saturated carbocycles. The standard InChI is InChI=1S/C16H18N2O3/c17-12-14-7-4-3-6-13(14)9-10-15(19)18-11-5-1-2-8-16(20)21/h3-4,6-7,9-10H,1-2,5,8,11H2,(H,18,19)(H,20,21)/p-1/b10-9-. The number of amides is 1. The Kier molecular flexibility index (Phi) is 7.30. The van der Waals surface area contributed by atoms with E-state index in [-0.39, 0.29) is 12.3 Å². The van der Waals surface area contributed by atoms with Crippen molar-refractivity contribution in [3.05, 3.63) is 41.5 Å². The van der Waals surface area contributed by atoms with Crippen molar-refractivity contribution >= 4 is 18.0 Å². The molecule has 1 aromatic carbocycles. The minimum absolute atomic E-state index is 0.0544. The van der Waals surface area contributed by atoms with Crippen molar-refractivity contribution in [2.45, 2.75) is 25.7 Å². The fourth-order valence-electron chi connectivity index (χ4n) is 1.75. The second kappa shape index (κ2) is 9.32. The van der Waals surface area contributed by atoms with Crippen molar-refractivity contribution in [3.63, 3.8) is 0 Å². The number of hydrogen-bond donors (Lipinski definition) is 1. The lowest BCUT2D eigenvalue weighted by atomic mass is 10.1. The summed E-state index contributed by atoms with van der Waals surface area (Å²) in [6.07, 6.45) is 5.06. The van der Waals surface area contributed by atoms with Gasteiger partial charge in [0.2, 0.25) is 5.91 Å². The molecule has 0 radical (unpaired) electrons. The zero-order valence-corrected chi connectivity index (χ0v) is 11.7. The number of benzene rings is 1. The van der Waals surface area contributed by atoms with Crippen molar-refractivity contribution in [2.75, 3.05) is 6.54 Å². The molecule has 0 fully saturated rings. The van der Waals surface area contributed by atoms with Crippen LogP contribution in [0.3, 0.4) is 0 Å². The largest absolute Gasteiger partial charge is 0.550 e. The minimum Gasteiger partial charge on any atom is -0.550 e. The quantitative estimate of drug-likeness (QED) is 0.569. The molecule has 21 heavy (non-hydrogen) atoms. The van der Waals surface area contributed by atoms with Crippen molar-refractivity contribution < 1.29 is 14.7 Å². The van der Waals surface area contributed by atoms with E-state index in [4.69, 9.17) is 5.26 Å². The maximum absolute atomic E-state index is 11.6. The lowest BCUT2D eigenvalue weighted by Crippen LogP contribution is -2.23. The lowest BCUT2D eigenvalue weighted by Gasteiger charge is -2.03. The monoisotopic (exact) mass is 285 g/mol. The molecular formula is C16H17N2O3-. The molecule has 1 aromatic rings. The van der Waals surface area contributed by atoms with Gasteiger partial charge >= 0.3 is 0 Å². The summed E-state index contributed by atoms with van der Waals surface area (Å²) in [6.45, 7) is 0.496. The summed E-state index contributed by atoms with van der Waals surface area (Å²) in [5, 5.41) is 21.8. The average molecular weight is 285 g/mol. The van der Waals surface area contributed by atoms with Crippen LogP contribution in [0.2, 0.25) is 0 Å². The number of hydrogen-bond acceptors (Lipinski definition) is 4. The van der Waals surface area contributed by atoms with Crippen LogP contribution in [0, 0.1) is 11.3 Å². The highest BCUT2D eigenvalue weighted by Crippen LogP contribution is 2.08. The van der Waals surface area contributed by atoms with Crippen LogP contribution >= 0.6 is 0 Å². The fraction of sp³-hybridized carbons (Fsp3) is 0.312. The molecule has 0 aliphatic carbocycles. The minimum atomic E-state index is -1.04. The number of rotatable bonds is 8. The van der Waals surface area contributed by atoms with E-state index in [9.17, 15) is 14.7 Å². The van der Waals surface area contributed by atoms with Crippen molar-refractivity contribution in [3.8, 4) is 6.07 Å². The third-order valence-electron chi connectivity index (χ3n) is 2.85. The molecule has 0 aliphatic rings. The number of nitrogens with zero attached hydrogens (tertiary/aromatic N) is 1. The van der Waals surface area contributed by atoms with E-state index >= 15 is 0 Å². The Balaban J connectivity index is 2.29. The average Bonchev–Trinajstić information content (AvgIpc) is 2.48. The summed E-state index contributed by atoms with van der Waals surface area (Å²) in [4.78, 5) is 21.8. The Bertz CT molecular complexity index is 559. The van der Waals surface area contributed by atoms with Crippen LogP contribution in [0.15, 0.2) is 30.3 Å². The van der Waals surface area contributed by atoms with Crippen molar-refractivity contribution in [1.82, 2.24) is 5.32 Å². The van der Waals surface area contributed by atoms with Gasteiger partial charge in [0.25, 0.3) is 0 Å². The molecule has 0 unspecified atom stereocenters. The van der Waals surface area contributed by atoms with Gasteiger partial charge in [0, 0.05) is 18.6 Å². The number of carboxylic acid groups (broad SMARTS) is 1. The molecule has 5 heteroatoms. The second-order valence-corrected chi connectivity index (χ2v) is 4.51. The van der Waals surface area contributed by atoms with Crippen molar-refractivity contribution in [2.24, 2.45) is 0 Å². The molecule has 0 atom stereocenters. The summed E-state index contributed by atoms with van der Waals surface area (Å²) < 4.78 is 0. The Labute approximate surface area is 123 Å². The highest BCUT2D eigenvalue weighted by Gasteiger charge is 1.98. The van der Waals surface area contributed by atoms with Crippen LogP contribution in [0.25, 0.3) is 6.08 Å². The zero-order valence-electron chi connectivity index (χ0n) is 11.7. The van der Waals surface area contributed by atoms with Gasteiger partial charge in [-0.05, 0) is 37.0 Å². The highest BCUT2D eigenvalue weighted by atomic mass is 16.4. The number of carbonyl (C=O) groups is 2. The number of nitrogens with one attached hydrogen (secondary N) is 1. The third-order valence-corrected chi connectivity index (χ3v) is 2.85. The first kappa shape index (κ1) is 16.4. The van der Waals surface area contributed by atoms with Gasteiger partial charge in [-0.3, -0.25) is 4.79 Å². The van der Waals surface area contributed by atoms with Gasteiger partial charge in [0.1, 0.15) is 0 Å². The van der Waals surface area contributed by atoms with Gasteiger partial charge < -0.3 is 15.2 Å². The molecule has 1 rings (SSSR count). The number of unbranched alkanes of at least 4 members (excludes halogenated alkanes) is 2. The predicted molar refractivity (Wildman–Crippen MR) is 76.7 cm³/mol. The van der Waals surface area contributed by atoms with Crippen LogP contribution in [-0.2, 0) is 9.59 Å². The summed E-state index contributed by atoms with van der Waals surface area (Å²) in [5.74, 6) is -1.28. The van der Waals surface area contributed by atoms with Gasteiger partial charge in [-0.25, -0.2) is 0 Å². The maximum atomic E-state index is 11.6. The molecule has 0 aromatic heterocycles.